The molecular weight excluding hydrogens is 370 g/mol. The van der Waals surface area contributed by atoms with Crippen LogP contribution in [0.5, 0.6) is 0 Å². The van der Waals surface area contributed by atoms with Crippen molar-refractivity contribution in [2.45, 2.75) is 13.5 Å². The summed E-state index contributed by atoms with van der Waals surface area (Å²) in [4.78, 5) is 35.2. The molecule has 0 saturated heterocycles. The van der Waals surface area contributed by atoms with Crippen LogP contribution in [-0.4, -0.2) is 16.7 Å². The van der Waals surface area contributed by atoms with E-state index in [2.05, 4.69) is 10.6 Å². The fraction of sp³-hybridized carbons (Fsp3) is 0.0909. The van der Waals surface area contributed by atoms with Crippen LogP contribution < -0.4 is 10.6 Å². The van der Waals surface area contributed by atoms with Crippen molar-refractivity contribution in [1.29, 1.82) is 0 Å². The summed E-state index contributed by atoms with van der Waals surface area (Å²) in [5, 5.41) is 16.5. The van der Waals surface area contributed by atoms with Crippen molar-refractivity contribution >= 4 is 23.2 Å². The Hall–Kier alpha value is -4.00. The number of nitrogens with zero attached hydrogens (tertiary/aromatic N) is 1. The van der Waals surface area contributed by atoms with E-state index in [1.165, 1.54) is 18.2 Å². The first-order valence-electron chi connectivity index (χ1n) is 8.92. The van der Waals surface area contributed by atoms with Crippen LogP contribution in [0.15, 0.2) is 72.8 Å². The van der Waals surface area contributed by atoms with Crippen molar-refractivity contribution in [3.8, 4) is 0 Å². The lowest BCUT2D eigenvalue weighted by atomic mass is 10.1. The number of aryl methyl sites for hydroxylation is 1. The molecule has 0 saturated carbocycles. The van der Waals surface area contributed by atoms with E-state index in [0.717, 1.165) is 5.56 Å². The maximum Gasteiger partial charge on any atom is 0.272 e. The summed E-state index contributed by atoms with van der Waals surface area (Å²) in [5.41, 5.74) is 2.67. The molecule has 0 bridgehead atoms. The first-order valence-corrected chi connectivity index (χ1v) is 8.92. The highest BCUT2D eigenvalue weighted by atomic mass is 16.6. The summed E-state index contributed by atoms with van der Waals surface area (Å²) in [5.74, 6) is -0.586. The maximum absolute atomic E-state index is 12.4. The summed E-state index contributed by atoms with van der Waals surface area (Å²) < 4.78 is 0. The van der Waals surface area contributed by atoms with Gasteiger partial charge in [0.1, 0.15) is 0 Å². The second-order valence-electron chi connectivity index (χ2n) is 6.46. The van der Waals surface area contributed by atoms with E-state index in [-0.39, 0.29) is 24.0 Å². The number of para-hydroxylation sites is 1. The van der Waals surface area contributed by atoms with Crippen LogP contribution in [0.3, 0.4) is 0 Å². The number of nitro benzene ring substituents is 1. The zero-order valence-electron chi connectivity index (χ0n) is 15.7. The molecule has 2 N–H and O–H groups in total. The number of nitrogens with one attached hydrogen (secondary N) is 2. The first-order chi connectivity index (χ1) is 13.9. The van der Waals surface area contributed by atoms with Gasteiger partial charge in [0.05, 0.1) is 4.92 Å². The quantitative estimate of drug-likeness (QED) is 0.490. The van der Waals surface area contributed by atoms with Gasteiger partial charge in [0.15, 0.2) is 0 Å². The van der Waals surface area contributed by atoms with Gasteiger partial charge in [-0.05, 0) is 48.9 Å². The maximum atomic E-state index is 12.4. The lowest BCUT2D eigenvalue weighted by molar-refractivity contribution is -0.385. The standard InChI is InChI=1S/C22H19N3O4/c1-15-12-18(10-11-20(15)25(28)29)21(26)23-14-16-6-5-7-17(13-16)22(27)24-19-8-3-2-4-9-19/h2-13H,14H2,1H3,(H,23,26)(H,24,27). The third-order valence-corrected chi connectivity index (χ3v) is 4.33. The zero-order chi connectivity index (χ0) is 20.8. The smallest absolute Gasteiger partial charge is 0.272 e. The van der Waals surface area contributed by atoms with Crippen LogP contribution >= 0.6 is 0 Å². The summed E-state index contributed by atoms with van der Waals surface area (Å²) in [6.45, 7) is 1.81. The lowest BCUT2D eigenvalue weighted by Gasteiger charge is -2.09. The fourth-order valence-corrected chi connectivity index (χ4v) is 2.83. The van der Waals surface area contributed by atoms with E-state index in [1.807, 2.05) is 18.2 Å². The highest BCUT2D eigenvalue weighted by Gasteiger charge is 2.14. The number of anilines is 1. The molecule has 2 amide bonds. The summed E-state index contributed by atoms with van der Waals surface area (Å²) in [6, 6.07) is 20.3. The second-order valence-corrected chi connectivity index (χ2v) is 6.46. The Morgan fingerprint density at radius 3 is 2.31 bits per heavy atom. The Morgan fingerprint density at radius 1 is 0.897 bits per heavy atom. The van der Waals surface area contributed by atoms with Crippen molar-refractivity contribution in [2.75, 3.05) is 5.32 Å². The van der Waals surface area contributed by atoms with Crippen LogP contribution in [-0.2, 0) is 6.54 Å². The molecule has 0 aliphatic heterocycles. The van der Waals surface area contributed by atoms with Crippen molar-refractivity contribution in [3.05, 3.63) is 105 Å². The summed E-state index contributed by atoms with van der Waals surface area (Å²) >= 11 is 0. The third-order valence-electron chi connectivity index (χ3n) is 4.33. The Labute approximate surface area is 167 Å². The third kappa shape index (κ3) is 5.04. The predicted molar refractivity (Wildman–Crippen MR) is 110 cm³/mol. The number of carbonyl (C=O) groups excluding carboxylic acids is 2. The SMILES string of the molecule is Cc1cc(C(=O)NCc2cccc(C(=O)Nc3ccccc3)c2)ccc1[N+](=O)[O-]. The molecular formula is C22H19N3O4. The number of hydrogen-bond donors (Lipinski definition) is 2. The number of amides is 2. The highest BCUT2D eigenvalue weighted by Crippen LogP contribution is 2.19. The molecule has 0 fully saturated rings. The average Bonchev–Trinajstić information content (AvgIpc) is 2.72. The van der Waals surface area contributed by atoms with E-state index in [9.17, 15) is 19.7 Å². The molecule has 0 aliphatic rings. The Bertz CT molecular complexity index is 1060. The molecule has 3 aromatic carbocycles. The van der Waals surface area contributed by atoms with E-state index in [0.29, 0.717) is 22.4 Å². The van der Waals surface area contributed by atoms with E-state index in [1.54, 1.807) is 43.3 Å². The topological polar surface area (TPSA) is 101 Å². The second kappa shape index (κ2) is 8.79. The largest absolute Gasteiger partial charge is 0.348 e. The highest BCUT2D eigenvalue weighted by molar-refractivity contribution is 6.04. The number of nitro groups is 1. The molecule has 7 nitrogen and oxygen atoms in total. The van der Waals surface area contributed by atoms with Gasteiger partial charge in [-0.3, -0.25) is 19.7 Å². The van der Waals surface area contributed by atoms with Gasteiger partial charge >= 0.3 is 0 Å². The van der Waals surface area contributed by atoms with E-state index in [4.69, 9.17) is 0 Å². The average molecular weight is 389 g/mol. The van der Waals surface area contributed by atoms with Gasteiger partial charge in [0.2, 0.25) is 0 Å². The molecule has 7 heteroatoms. The number of benzene rings is 3. The minimum absolute atomic E-state index is 0.0290. The van der Waals surface area contributed by atoms with Gasteiger partial charge in [0, 0.05) is 35.0 Å². The van der Waals surface area contributed by atoms with Crippen molar-refractivity contribution in [1.82, 2.24) is 5.32 Å². The Kier molecular flexibility index (Phi) is 5.99. The molecule has 0 atom stereocenters. The van der Waals surface area contributed by atoms with Crippen molar-refractivity contribution in [2.24, 2.45) is 0 Å². The number of carbonyl (C=O) groups is 2. The van der Waals surface area contributed by atoms with Crippen LogP contribution in [0, 0.1) is 17.0 Å². The molecule has 0 aromatic heterocycles. The van der Waals surface area contributed by atoms with Crippen molar-refractivity contribution in [3.63, 3.8) is 0 Å². The van der Waals surface area contributed by atoms with E-state index >= 15 is 0 Å². The minimum atomic E-state index is -0.483. The Balaban J connectivity index is 1.64. The number of rotatable bonds is 6. The molecule has 146 valence electrons. The van der Waals surface area contributed by atoms with Gasteiger partial charge in [-0.1, -0.05) is 30.3 Å². The van der Waals surface area contributed by atoms with Gasteiger partial charge in [-0.2, -0.15) is 0 Å². The molecule has 3 rings (SSSR count). The van der Waals surface area contributed by atoms with Crippen LogP contribution in [0.4, 0.5) is 11.4 Å². The lowest BCUT2D eigenvalue weighted by Crippen LogP contribution is -2.23. The molecule has 0 aliphatic carbocycles. The molecule has 0 spiro atoms. The molecule has 0 radical (unpaired) electrons. The fourth-order valence-electron chi connectivity index (χ4n) is 2.83. The first kappa shape index (κ1) is 19.8. The van der Waals surface area contributed by atoms with Crippen LogP contribution in [0.25, 0.3) is 0 Å². The molecule has 3 aromatic rings. The van der Waals surface area contributed by atoms with Crippen molar-refractivity contribution < 1.29 is 14.5 Å². The van der Waals surface area contributed by atoms with Gasteiger partial charge in [-0.15, -0.1) is 0 Å². The molecule has 29 heavy (non-hydrogen) atoms. The van der Waals surface area contributed by atoms with Crippen LogP contribution in [0.1, 0.15) is 31.8 Å². The van der Waals surface area contributed by atoms with Gasteiger partial charge in [-0.25, -0.2) is 0 Å². The summed E-state index contributed by atoms with van der Waals surface area (Å²) in [6.07, 6.45) is 0. The summed E-state index contributed by atoms with van der Waals surface area (Å²) in [7, 11) is 0. The minimum Gasteiger partial charge on any atom is -0.348 e. The molecule has 0 unspecified atom stereocenters. The monoisotopic (exact) mass is 389 g/mol. The Morgan fingerprint density at radius 2 is 1.62 bits per heavy atom. The van der Waals surface area contributed by atoms with Gasteiger partial charge in [0.25, 0.3) is 17.5 Å². The normalized spacial score (nSPS) is 10.2. The van der Waals surface area contributed by atoms with E-state index < -0.39 is 4.92 Å². The zero-order valence-corrected chi connectivity index (χ0v) is 15.7. The predicted octanol–water partition coefficient (Wildman–Crippen LogP) is 4.09. The van der Waals surface area contributed by atoms with Gasteiger partial charge < -0.3 is 10.6 Å². The van der Waals surface area contributed by atoms with Crippen LogP contribution in [0.2, 0.25) is 0 Å². The molecule has 0 heterocycles. The number of hydrogen-bond acceptors (Lipinski definition) is 4.